The van der Waals surface area contributed by atoms with Crippen molar-refractivity contribution < 1.29 is 14.3 Å². The molecular weight excluding hydrogens is 281 g/mol. The number of halogens is 1. The first kappa shape index (κ1) is 14.4. The number of amides is 2. The van der Waals surface area contributed by atoms with E-state index < -0.39 is 18.2 Å². The molecule has 7 heteroatoms. The number of hydrogen-bond acceptors (Lipinski definition) is 4. The minimum atomic E-state index is -0.919. The number of aliphatic hydroxyl groups excluding tert-OH is 1. The average molecular weight is 295 g/mol. The van der Waals surface area contributed by atoms with Crippen LogP contribution in [-0.2, 0) is 0 Å². The highest BCUT2D eigenvalue weighted by Gasteiger charge is 2.18. The zero-order valence-corrected chi connectivity index (χ0v) is 11.5. The average Bonchev–Trinajstić information content (AvgIpc) is 2.91. The third-order valence-corrected chi connectivity index (χ3v) is 3.39. The van der Waals surface area contributed by atoms with Gasteiger partial charge in [-0.05, 0) is 24.6 Å². The summed E-state index contributed by atoms with van der Waals surface area (Å²) in [5, 5.41) is 17.5. The van der Waals surface area contributed by atoms with Gasteiger partial charge in [0.2, 0.25) is 0 Å². The molecule has 0 aliphatic carbocycles. The lowest BCUT2D eigenvalue weighted by Crippen LogP contribution is -2.39. The normalized spacial score (nSPS) is 13.6. The molecule has 2 rings (SSSR count). The number of carbonyl (C=O) groups is 1. The highest BCUT2D eigenvalue weighted by Crippen LogP contribution is 2.17. The van der Waals surface area contributed by atoms with Crippen LogP contribution in [0.1, 0.15) is 18.6 Å². The molecule has 0 fully saturated rings. The Hall–Kier alpha value is -1.99. The van der Waals surface area contributed by atoms with Crippen molar-refractivity contribution in [1.82, 2.24) is 10.3 Å². The van der Waals surface area contributed by atoms with Crippen molar-refractivity contribution >= 4 is 22.5 Å². The molecule has 0 aliphatic rings. The monoisotopic (exact) mass is 295 g/mol. The molecule has 106 valence electrons. The molecule has 0 radical (unpaired) electrons. The fourth-order valence-electron chi connectivity index (χ4n) is 1.65. The molecule has 0 spiro atoms. The molecule has 20 heavy (non-hydrogen) atoms. The SMILES string of the molecule is CC(NC(=O)Nc1nccs1)C(O)c1ccc(F)cc1. The van der Waals surface area contributed by atoms with Crippen LogP contribution in [0, 0.1) is 5.82 Å². The number of carbonyl (C=O) groups excluding carboxylic acids is 1. The number of aromatic nitrogens is 1. The lowest BCUT2D eigenvalue weighted by atomic mass is 10.0. The van der Waals surface area contributed by atoms with Gasteiger partial charge in [-0.15, -0.1) is 11.3 Å². The van der Waals surface area contributed by atoms with Crippen molar-refractivity contribution in [2.45, 2.75) is 19.1 Å². The van der Waals surface area contributed by atoms with Crippen molar-refractivity contribution in [3.63, 3.8) is 0 Å². The second-order valence-corrected chi connectivity index (χ2v) is 5.12. The Balaban J connectivity index is 1.91. The second-order valence-electron chi connectivity index (χ2n) is 4.22. The highest BCUT2D eigenvalue weighted by molar-refractivity contribution is 7.13. The van der Waals surface area contributed by atoms with Gasteiger partial charge in [0.1, 0.15) is 5.82 Å². The molecule has 0 aliphatic heterocycles. The first-order chi connectivity index (χ1) is 9.56. The Morgan fingerprint density at radius 1 is 1.40 bits per heavy atom. The van der Waals surface area contributed by atoms with Gasteiger partial charge in [-0.1, -0.05) is 12.1 Å². The number of thiazole rings is 1. The summed E-state index contributed by atoms with van der Waals surface area (Å²) in [6.07, 6.45) is 0.662. The smallest absolute Gasteiger partial charge is 0.321 e. The number of nitrogens with zero attached hydrogens (tertiary/aromatic N) is 1. The van der Waals surface area contributed by atoms with Gasteiger partial charge in [-0.25, -0.2) is 14.2 Å². The standard InChI is InChI=1S/C13H14FN3O2S/c1-8(11(18)9-2-4-10(14)5-3-9)16-12(19)17-13-15-6-7-20-13/h2-8,11,18H,1H3,(H2,15,16,17,19). The Kier molecular flexibility index (Phi) is 4.65. The van der Waals surface area contributed by atoms with Crippen LogP contribution in [0.4, 0.5) is 14.3 Å². The quantitative estimate of drug-likeness (QED) is 0.811. The van der Waals surface area contributed by atoms with Gasteiger partial charge in [-0.3, -0.25) is 5.32 Å². The van der Waals surface area contributed by atoms with Crippen LogP contribution in [0.2, 0.25) is 0 Å². The minimum Gasteiger partial charge on any atom is -0.386 e. The zero-order chi connectivity index (χ0) is 14.5. The molecule has 1 heterocycles. The zero-order valence-electron chi connectivity index (χ0n) is 10.7. The van der Waals surface area contributed by atoms with Crippen LogP contribution in [0.5, 0.6) is 0 Å². The van der Waals surface area contributed by atoms with Gasteiger partial charge in [0.05, 0.1) is 12.1 Å². The summed E-state index contributed by atoms with van der Waals surface area (Å²) in [4.78, 5) is 15.6. The molecule has 2 atom stereocenters. The molecule has 2 unspecified atom stereocenters. The van der Waals surface area contributed by atoms with Gasteiger partial charge >= 0.3 is 6.03 Å². The topological polar surface area (TPSA) is 74.2 Å². The number of rotatable bonds is 4. The lowest BCUT2D eigenvalue weighted by Gasteiger charge is -2.20. The van der Waals surface area contributed by atoms with E-state index in [1.165, 1.54) is 35.6 Å². The van der Waals surface area contributed by atoms with E-state index in [0.29, 0.717) is 10.7 Å². The van der Waals surface area contributed by atoms with E-state index >= 15 is 0 Å². The highest BCUT2D eigenvalue weighted by atomic mass is 32.1. The molecule has 0 saturated carbocycles. The Bertz CT molecular complexity index is 560. The molecule has 1 aromatic heterocycles. The number of aliphatic hydroxyl groups is 1. The van der Waals surface area contributed by atoms with Crippen molar-refractivity contribution in [3.8, 4) is 0 Å². The molecule has 2 amide bonds. The lowest BCUT2D eigenvalue weighted by molar-refractivity contribution is 0.139. The molecule has 5 nitrogen and oxygen atoms in total. The Morgan fingerprint density at radius 3 is 2.70 bits per heavy atom. The summed E-state index contributed by atoms with van der Waals surface area (Å²) in [7, 11) is 0. The predicted molar refractivity (Wildman–Crippen MR) is 75.1 cm³/mol. The van der Waals surface area contributed by atoms with Crippen molar-refractivity contribution in [3.05, 3.63) is 47.2 Å². The number of hydrogen-bond donors (Lipinski definition) is 3. The Morgan fingerprint density at radius 2 is 2.10 bits per heavy atom. The number of urea groups is 1. The van der Waals surface area contributed by atoms with Crippen LogP contribution < -0.4 is 10.6 Å². The van der Waals surface area contributed by atoms with E-state index in [-0.39, 0.29) is 5.82 Å². The van der Waals surface area contributed by atoms with Gasteiger partial charge < -0.3 is 10.4 Å². The van der Waals surface area contributed by atoms with E-state index in [1.807, 2.05) is 0 Å². The van der Waals surface area contributed by atoms with E-state index in [4.69, 9.17) is 0 Å². The molecular formula is C13H14FN3O2S. The van der Waals surface area contributed by atoms with Crippen molar-refractivity contribution in [2.75, 3.05) is 5.32 Å². The van der Waals surface area contributed by atoms with E-state index in [2.05, 4.69) is 15.6 Å². The van der Waals surface area contributed by atoms with E-state index in [9.17, 15) is 14.3 Å². The summed E-state index contributed by atoms with van der Waals surface area (Å²) in [5.41, 5.74) is 0.536. The van der Waals surface area contributed by atoms with Crippen molar-refractivity contribution in [2.24, 2.45) is 0 Å². The summed E-state index contributed by atoms with van der Waals surface area (Å²) in [5.74, 6) is -0.372. The van der Waals surface area contributed by atoms with Crippen LogP contribution in [0.25, 0.3) is 0 Å². The van der Waals surface area contributed by atoms with Gasteiger partial charge in [0.15, 0.2) is 5.13 Å². The predicted octanol–water partition coefficient (Wildman–Crippen LogP) is 2.53. The first-order valence-electron chi connectivity index (χ1n) is 5.97. The maximum atomic E-state index is 12.8. The third kappa shape index (κ3) is 3.75. The Labute approximate surface area is 119 Å². The van der Waals surface area contributed by atoms with Gasteiger partial charge in [0, 0.05) is 11.6 Å². The largest absolute Gasteiger partial charge is 0.386 e. The fraction of sp³-hybridized carbons (Fsp3) is 0.231. The number of nitrogens with one attached hydrogen (secondary N) is 2. The summed E-state index contributed by atoms with van der Waals surface area (Å²) < 4.78 is 12.8. The van der Waals surface area contributed by atoms with Gasteiger partial charge in [0.25, 0.3) is 0 Å². The van der Waals surface area contributed by atoms with Crippen LogP contribution >= 0.6 is 11.3 Å². The molecule has 3 N–H and O–H groups in total. The molecule has 0 bridgehead atoms. The molecule has 0 saturated heterocycles. The van der Waals surface area contributed by atoms with Crippen LogP contribution in [0.15, 0.2) is 35.8 Å². The van der Waals surface area contributed by atoms with Gasteiger partial charge in [-0.2, -0.15) is 0 Å². The second kappa shape index (κ2) is 6.44. The first-order valence-corrected chi connectivity index (χ1v) is 6.85. The van der Waals surface area contributed by atoms with E-state index in [1.54, 1.807) is 18.5 Å². The number of benzene rings is 1. The number of anilines is 1. The molecule has 1 aromatic carbocycles. The van der Waals surface area contributed by atoms with E-state index in [0.717, 1.165) is 0 Å². The summed E-state index contributed by atoms with van der Waals surface area (Å²) in [6, 6.07) is 4.52. The summed E-state index contributed by atoms with van der Waals surface area (Å²) in [6.45, 7) is 1.66. The molecule has 2 aromatic rings. The maximum absolute atomic E-state index is 12.8. The minimum absolute atomic E-state index is 0.372. The maximum Gasteiger partial charge on any atom is 0.321 e. The fourth-order valence-corrected chi connectivity index (χ4v) is 2.18. The van der Waals surface area contributed by atoms with Crippen molar-refractivity contribution in [1.29, 1.82) is 0 Å². The summed E-state index contributed by atoms with van der Waals surface area (Å²) >= 11 is 1.30. The van der Waals surface area contributed by atoms with Crippen LogP contribution in [-0.4, -0.2) is 22.2 Å². The van der Waals surface area contributed by atoms with Crippen LogP contribution in [0.3, 0.4) is 0 Å². The third-order valence-electron chi connectivity index (χ3n) is 2.70.